The fourth-order valence-electron chi connectivity index (χ4n) is 0.995. The van der Waals surface area contributed by atoms with Gasteiger partial charge in [0.1, 0.15) is 0 Å². The van der Waals surface area contributed by atoms with Crippen LogP contribution in [0.5, 0.6) is 0 Å². The summed E-state index contributed by atoms with van der Waals surface area (Å²) in [4.78, 5) is 0. The van der Waals surface area contributed by atoms with Crippen molar-refractivity contribution in [1.29, 1.82) is 0 Å². The summed E-state index contributed by atoms with van der Waals surface area (Å²) >= 11 is 0. The molecule has 0 radical (unpaired) electrons. The van der Waals surface area contributed by atoms with Crippen LogP contribution in [0, 0.1) is 6.92 Å². The van der Waals surface area contributed by atoms with Crippen molar-refractivity contribution in [2.24, 2.45) is 0 Å². The Hall–Kier alpha value is -1.38. The summed E-state index contributed by atoms with van der Waals surface area (Å²) in [7, 11) is 0. The third-order valence-electron chi connectivity index (χ3n) is 1.41. The van der Waals surface area contributed by atoms with Gasteiger partial charge < -0.3 is 0 Å². The van der Waals surface area contributed by atoms with Crippen molar-refractivity contribution < 1.29 is 4.39 Å². The van der Waals surface area contributed by atoms with Gasteiger partial charge in [0.05, 0.1) is 17.2 Å². The Morgan fingerprint density at radius 3 is 2.92 bits per heavy atom. The number of aromatic nitrogens is 2. The average molecular weight is 166 g/mol. The molecule has 0 aromatic carbocycles. The molecule has 3 heteroatoms. The van der Waals surface area contributed by atoms with Crippen molar-refractivity contribution in [3.63, 3.8) is 0 Å². The van der Waals surface area contributed by atoms with Gasteiger partial charge in [-0.05, 0) is 26.0 Å². The van der Waals surface area contributed by atoms with Gasteiger partial charge in [-0.1, -0.05) is 6.58 Å². The lowest BCUT2D eigenvalue weighted by Gasteiger charge is -1.93. The highest BCUT2D eigenvalue weighted by atomic mass is 19.1. The first-order valence-corrected chi connectivity index (χ1v) is 3.66. The Balaban J connectivity index is 3.13. The number of nitrogens with zero attached hydrogens (tertiary/aromatic N) is 2. The molecule has 1 heterocycles. The summed E-state index contributed by atoms with van der Waals surface area (Å²) in [6.45, 7) is 6.81. The fraction of sp³-hybridized carbons (Fsp3) is 0.222. The lowest BCUT2D eigenvalue weighted by Crippen LogP contribution is -1.90. The minimum absolute atomic E-state index is 0.238. The number of hydrogen-bond donors (Lipinski definition) is 0. The van der Waals surface area contributed by atoms with E-state index >= 15 is 0 Å². The van der Waals surface area contributed by atoms with Crippen molar-refractivity contribution in [2.75, 3.05) is 0 Å². The predicted molar refractivity (Wildman–Crippen MR) is 48.1 cm³/mol. The maximum atomic E-state index is 12.5. The van der Waals surface area contributed by atoms with Crippen LogP contribution >= 0.6 is 0 Å². The fourth-order valence-corrected chi connectivity index (χ4v) is 0.995. The molecule has 1 rings (SSSR count). The van der Waals surface area contributed by atoms with Crippen LogP contribution in [0.25, 0.3) is 12.3 Å². The Morgan fingerprint density at radius 1 is 1.75 bits per heavy atom. The van der Waals surface area contributed by atoms with E-state index in [9.17, 15) is 4.39 Å². The second-order valence-electron chi connectivity index (χ2n) is 2.57. The highest BCUT2D eigenvalue weighted by molar-refractivity contribution is 5.50. The standard InChI is InChI=1S/C9H11FN2/c1-4-12-9(5-7(2)10)6-8(3)11-12/h4-6H,1H2,2-3H3/b7-5+. The molecule has 0 spiro atoms. The summed E-state index contributed by atoms with van der Waals surface area (Å²) in [6.07, 6.45) is 2.96. The third-order valence-corrected chi connectivity index (χ3v) is 1.41. The summed E-state index contributed by atoms with van der Waals surface area (Å²) < 4.78 is 14.0. The minimum Gasteiger partial charge on any atom is -0.241 e. The molecule has 0 aliphatic carbocycles. The van der Waals surface area contributed by atoms with Crippen LogP contribution < -0.4 is 0 Å². The van der Waals surface area contributed by atoms with Gasteiger partial charge in [-0.25, -0.2) is 9.07 Å². The molecule has 1 aromatic rings. The second-order valence-corrected chi connectivity index (χ2v) is 2.57. The quantitative estimate of drug-likeness (QED) is 0.660. The number of aryl methyl sites for hydroxylation is 1. The summed E-state index contributed by atoms with van der Waals surface area (Å²) in [5.41, 5.74) is 1.56. The highest BCUT2D eigenvalue weighted by Crippen LogP contribution is 2.09. The Labute approximate surface area is 71.0 Å². The van der Waals surface area contributed by atoms with Crippen molar-refractivity contribution in [1.82, 2.24) is 9.78 Å². The van der Waals surface area contributed by atoms with E-state index < -0.39 is 0 Å². The molecular formula is C9H11FN2. The molecule has 64 valence electrons. The van der Waals surface area contributed by atoms with Crippen molar-refractivity contribution in [3.8, 4) is 0 Å². The SMILES string of the molecule is C=Cn1nc(C)cc1/C=C(\C)F. The van der Waals surface area contributed by atoms with E-state index in [2.05, 4.69) is 11.7 Å². The molecule has 0 saturated heterocycles. The van der Waals surface area contributed by atoms with E-state index in [0.717, 1.165) is 5.69 Å². The van der Waals surface area contributed by atoms with Gasteiger partial charge in [0, 0.05) is 6.20 Å². The summed E-state index contributed by atoms with van der Waals surface area (Å²) in [5.74, 6) is -0.238. The van der Waals surface area contributed by atoms with E-state index in [4.69, 9.17) is 0 Å². The van der Waals surface area contributed by atoms with Crippen LogP contribution in [0.1, 0.15) is 18.3 Å². The van der Waals surface area contributed by atoms with Gasteiger partial charge in [-0.3, -0.25) is 0 Å². The van der Waals surface area contributed by atoms with E-state index in [1.807, 2.05) is 6.92 Å². The molecule has 0 aliphatic rings. The van der Waals surface area contributed by atoms with E-state index in [1.165, 1.54) is 13.0 Å². The van der Waals surface area contributed by atoms with Crippen LogP contribution in [0.4, 0.5) is 4.39 Å². The van der Waals surface area contributed by atoms with Crippen molar-refractivity contribution >= 4 is 12.3 Å². The first kappa shape index (κ1) is 8.71. The zero-order chi connectivity index (χ0) is 9.14. The molecule has 0 atom stereocenters. The molecule has 0 aliphatic heterocycles. The molecule has 0 amide bonds. The molecule has 1 aromatic heterocycles. The number of rotatable bonds is 2. The van der Waals surface area contributed by atoms with Crippen LogP contribution in [-0.4, -0.2) is 9.78 Å². The lowest BCUT2D eigenvalue weighted by atomic mass is 10.3. The zero-order valence-electron chi connectivity index (χ0n) is 7.21. The Kier molecular flexibility index (Phi) is 2.43. The largest absolute Gasteiger partial charge is 0.241 e. The third kappa shape index (κ3) is 1.81. The highest BCUT2D eigenvalue weighted by Gasteiger charge is 1.99. The maximum Gasteiger partial charge on any atom is 0.0990 e. The van der Waals surface area contributed by atoms with Crippen LogP contribution in [0.15, 0.2) is 18.5 Å². The van der Waals surface area contributed by atoms with E-state index in [0.29, 0.717) is 5.69 Å². The van der Waals surface area contributed by atoms with Gasteiger partial charge in [-0.15, -0.1) is 0 Å². The minimum atomic E-state index is -0.238. The zero-order valence-corrected chi connectivity index (χ0v) is 7.21. The maximum absolute atomic E-state index is 12.5. The number of halogens is 1. The van der Waals surface area contributed by atoms with Crippen molar-refractivity contribution in [3.05, 3.63) is 29.9 Å². The second kappa shape index (κ2) is 3.34. The van der Waals surface area contributed by atoms with Gasteiger partial charge in [-0.2, -0.15) is 5.10 Å². The van der Waals surface area contributed by atoms with Gasteiger partial charge >= 0.3 is 0 Å². The lowest BCUT2D eigenvalue weighted by molar-refractivity contribution is 0.647. The van der Waals surface area contributed by atoms with E-state index in [1.54, 1.807) is 16.9 Å². The molecule has 0 saturated carbocycles. The van der Waals surface area contributed by atoms with Gasteiger partial charge in [0.15, 0.2) is 0 Å². The van der Waals surface area contributed by atoms with Crippen molar-refractivity contribution in [2.45, 2.75) is 13.8 Å². The molecule has 0 bridgehead atoms. The first-order valence-electron chi connectivity index (χ1n) is 3.66. The Bertz CT molecular complexity index is 319. The van der Waals surface area contributed by atoms with Gasteiger partial charge in [0.2, 0.25) is 0 Å². The topological polar surface area (TPSA) is 17.8 Å². The summed E-state index contributed by atoms with van der Waals surface area (Å²) in [5, 5.41) is 4.07. The van der Waals surface area contributed by atoms with Crippen LogP contribution in [-0.2, 0) is 0 Å². The molecule has 2 nitrogen and oxygen atoms in total. The smallest absolute Gasteiger partial charge is 0.0990 e. The molecule has 12 heavy (non-hydrogen) atoms. The van der Waals surface area contributed by atoms with Crippen LogP contribution in [0.3, 0.4) is 0 Å². The number of hydrogen-bond acceptors (Lipinski definition) is 1. The summed E-state index contributed by atoms with van der Waals surface area (Å²) in [6, 6.07) is 1.80. The average Bonchev–Trinajstić information content (AvgIpc) is 2.29. The predicted octanol–water partition coefficient (Wildman–Crippen LogP) is 2.62. The van der Waals surface area contributed by atoms with E-state index in [-0.39, 0.29) is 5.83 Å². The van der Waals surface area contributed by atoms with Gasteiger partial charge in [0.25, 0.3) is 0 Å². The Morgan fingerprint density at radius 2 is 2.42 bits per heavy atom. The molecular weight excluding hydrogens is 155 g/mol. The van der Waals surface area contributed by atoms with Crippen LogP contribution in [0.2, 0.25) is 0 Å². The first-order chi connectivity index (χ1) is 5.63. The molecule has 0 N–H and O–H groups in total. The monoisotopic (exact) mass is 166 g/mol. The molecule has 0 fully saturated rings. The normalized spacial score (nSPS) is 11.8. The number of allylic oxidation sites excluding steroid dienone is 1. The molecule has 0 unspecified atom stereocenters.